The van der Waals surface area contributed by atoms with Gasteiger partial charge in [0.25, 0.3) is 0 Å². The summed E-state index contributed by atoms with van der Waals surface area (Å²) in [6.45, 7) is 0.524. The Bertz CT molecular complexity index is 646. The van der Waals surface area contributed by atoms with Crippen molar-refractivity contribution in [2.24, 2.45) is 0 Å². The van der Waals surface area contributed by atoms with E-state index in [0.717, 1.165) is 5.56 Å². The van der Waals surface area contributed by atoms with Crippen LogP contribution in [0.15, 0.2) is 30.3 Å². The van der Waals surface area contributed by atoms with Crippen LogP contribution in [0.25, 0.3) is 0 Å². The lowest BCUT2D eigenvalue weighted by Crippen LogP contribution is -2.19. The minimum absolute atomic E-state index is 0.164. The van der Waals surface area contributed by atoms with Gasteiger partial charge in [0, 0.05) is 24.3 Å². The van der Waals surface area contributed by atoms with Crippen molar-refractivity contribution in [2.45, 2.75) is 6.54 Å². The Balaban J connectivity index is 2.14. The van der Waals surface area contributed by atoms with Gasteiger partial charge in [-0.3, -0.25) is 0 Å². The number of ether oxygens (including phenoxy) is 1. The number of carbonyl (C=O) groups is 1. The number of nitrogens with zero attached hydrogens (tertiary/aromatic N) is 3. The van der Waals surface area contributed by atoms with E-state index >= 15 is 0 Å². The summed E-state index contributed by atoms with van der Waals surface area (Å²) in [5, 5.41) is 8.46. The second-order valence-electron chi connectivity index (χ2n) is 4.48. The van der Waals surface area contributed by atoms with Gasteiger partial charge >= 0.3 is 5.97 Å². The van der Waals surface area contributed by atoms with Crippen molar-refractivity contribution in [1.82, 2.24) is 10.2 Å². The van der Waals surface area contributed by atoms with E-state index in [9.17, 15) is 4.79 Å². The molecule has 21 heavy (non-hydrogen) atoms. The van der Waals surface area contributed by atoms with Gasteiger partial charge < -0.3 is 15.4 Å². The zero-order valence-electron chi connectivity index (χ0n) is 11.7. The third-order valence-corrected chi connectivity index (χ3v) is 3.28. The predicted octanol–water partition coefficient (Wildman–Crippen LogP) is 2.14. The molecule has 6 nitrogen and oxygen atoms in total. The number of rotatable bonds is 4. The number of nitrogen functional groups attached to an aromatic ring is 1. The van der Waals surface area contributed by atoms with Crippen LogP contribution in [-0.2, 0) is 11.3 Å². The molecule has 1 aromatic heterocycles. The Morgan fingerprint density at radius 2 is 2.10 bits per heavy atom. The van der Waals surface area contributed by atoms with Gasteiger partial charge in [0.15, 0.2) is 11.5 Å². The van der Waals surface area contributed by atoms with E-state index in [0.29, 0.717) is 23.1 Å². The smallest absolute Gasteiger partial charge is 0.358 e. The summed E-state index contributed by atoms with van der Waals surface area (Å²) in [6, 6.07) is 8.57. The molecule has 0 radical (unpaired) electrons. The first kappa shape index (κ1) is 15.1. The van der Waals surface area contributed by atoms with E-state index in [1.165, 1.54) is 7.11 Å². The van der Waals surface area contributed by atoms with E-state index in [2.05, 4.69) is 14.9 Å². The van der Waals surface area contributed by atoms with Crippen molar-refractivity contribution in [3.8, 4) is 0 Å². The van der Waals surface area contributed by atoms with Crippen LogP contribution in [-0.4, -0.2) is 30.3 Å². The van der Waals surface area contributed by atoms with Gasteiger partial charge in [0.05, 0.1) is 7.11 Å². The number of hydrogen-bond donors (Lipinski definition) is 1. The summed E-state index contributed by atoms with van der Waals surface area (Å²) in [5.41, 5.74) is 7.45. The molecule has 2 rings (SSSR count). The third kappa shape index (κ3) is 3.61. The molecule has 0 aliphatic heterocycles. The van der Waals surface area contributed by atoms with Crippen LogP contribution < -0.4 is 10.6 Å². The van der Waals surface area contributed by atoms with Crippen LogP contribution in [0, 0.1) is 0 Å². The van der Waals surface area contributed by atoms with Gasteiger partial charge in [-0.15, -0.1) is 10.2 Å². The van der Waals surface area contributed by atoms with Gasteiger partial charge in [-0.05, 0) is 35.9 Å². The first-order chi connectivity index (χ1) is 10.0. The molecule has 0 saturated carbocycles. The van der Waals surface area contributed by atoms with Crippen LogP contribution in [0.1, 0.15) is 16.1 Å². The second-order valence-corrected chi connectivity index (χ2v) is 4.88. The lowest BCUT2D eigenvalue weighted by Gasteiger charge is -2.18. The molecular formula is C14H15ClN4O2. The highest BCUT2D eigenvalue weighted by Gasteiger charge is 2.11. The molecule has 0 bridgehead atoms. The maximum absolute atomic E-state index is 11.3. The van der Waals surface area contributed by atoms with Crippen molar-refractivity contribution >= 4 is 29.1 Å². The molecule has 7 heteroatoms. The normalized spacial score (nSPS) is 10.2. The van der Waals surface area contributed by atoms with Gasteiger partial charge in [0.1, 0.15) is 0 Å². The monoisotopic (exact) mass is 306 g/mol. The molecule has 1 aromatic carbocycles. The summed E-state index contributed by atoms with van der Waals surface area (Å²) in [4.78, 5) is 13.2. The third-order valence-electron chi connectivity index (χ3n) is 2.91. The number of carbonyl (C=O) groups excluding carboxylic acids is 1. The molecule has 0 aliphatic carbocycles. The van der Waals surface area contributed by atoms with Gasteiger partial charge in [-0.2, -0.15) is 0 Å². The molecule has 0 unspecified atom stereocenters. The van der Waals surface area contributed by atoms with Crippen molar-refractivity contribution in [3.05, 3.63) is 46.6 Å². The number of esters is 1. The predicted molar refractivity (Wildman–Crippen MR) is 81.3 cm³/mol. The Morgan fingerprint density at radius 3 is 2.71 bits per heavy atom. The molecule has 0 saturated heterocycles. The standard InChI is InChI=1S/C14H15ClN4O2/c1-19(8-9-7-10(16)3-4-11(9)15)13-6-5-12(17-18-13)14(20)21-2/h3-7H,8,16H2,1-2H3. The van der Waals surface area contributed by atoms with Crippen molar-refractivity contribution in [1.29, 1.82) is 0 Å². The van der Waals surface area contributed by atoms with E-state index in [1.54, 1.807) is 24.3 Å². The Hall–Kier alpha value is -2.34. The summed E-state index contributed by atoms with van der Waals surface area (Å²) in [7, 11) is 3.15. The van der Waals surface area contributed by atoms with Crippen LogP contribution in [0.3, 0.4) is 0 Å². The van der Waals surface area contributed by atoms with Crippen LogP contribution in [0.5, 0.6) is 0 Å². The maximum atomic E-state index is 11.3. The second kappa shape index (κ2) is 6.41. The van der Waals surface area contributed by atoms with E-state index in [1.807, 2.05) is 18.0 Å². The molecule has 2 N–H and O–H groups in total. The van der Waals surface area contributed by atoms with E-state index in [-0.39, 0.29) is 5.69 Å². The molecule has 110 valence electrons. The van der Waals surface area contributed by atoms with Gasteiger partial charge in [0.2, 0.25) is 0 Å². The molecule has 0 amide bonds. The SMILES string of the molecule is COC(=O)c1ccc(N(C)Cc2cc(N)ccc2Cl)nn1. The fraction of sp³-hybridized carbons (Fsp3) is 0.214. The number of nitrogens with two attached hydrogens (primary N) is 1. The maximum Gasteiger partial charge on any atom is 0.358 e. The molecule has 0 spiro atoms. The molecular weight excluding hydrogens is 292 g/mol. The molecule has 2 aromatic rings. The quantitative estimate of drug-likeness (QED) is 0.688. The van der Waals surface area contributed by atoms with Crippen molar-refractivity contribution in [2.75, 3.05) is 24.8 Å². The first-order valence-corrected chi connectivity index (χ1v) is 6.56. The zero-order valence-corrected chi connectivity index (χ0v) is 12.5. The summed E-state index contributed by atoms with van der Waals surface area (Å²) in [6.07, 6.45) is 0. The number of aromatic nitrogens is 2. The van der Waals surface area contributed by atoms with Gasteiger partial charge in [-0.1, -0.05) is 11.6 Å². The fourth-order valence-electron chi connectivity index (χ4n) is 1.79. The highest BCUT2D eigenvalue weighted by Crippen LogP contribution is 2.21. The lowest BCUT2D eigenvalue weighted by atomic mass is 10.2. The summed E-state index contributed by atoms with van der Waals surface area (Å²) >= 11 is 6.13. The number of hydrogen-bond acceptors (Lipinski definition) is 6. The highest BCUT2D eigenvalue weighted by molar-refractivity contribution is 6.31. The summed E-state index contributed by atoms with van der Waals surface area (Å²) < 4.78 is 4.57. The van der Waals surface area contributed by atoms with Gasteiger partial charge in [-0.25, -0.2) is 4.79 Å². The minimum atomic E-state index is -0.518. The topological polar surface area (TPSA) is 81.3 Å². The summed E-state index contributed by atoms with van der Waals surface area (Å²) in [5.74, 6) is 0.0942. The van der Waals surface area contributed by atoms with Crippen LogP contribution in [0.4, 0.5) is 11.5 Å². The van der Waals surface area contributed by atoms with Crippen molar-refractivity contribution < 1.29 is 9.53 Å². The highest BCUT2D eigenvalue weighted by atomic mass is 35.5. The van der Waals surface area contributed by atoms with Crippen molar-refractivity contribution in [3.63, 3.8) is 0 Å². The number of methoxy groups -OCH3 is 1. The molecule has 0 aliphatic rings. The Labute approximate surface area is 127 Å². The average Bonchev–Trinajstić information content (AvgIpc) is 2.50. The average molecular weight is 307 g/mol. The van der Waals surface area contributed by atoms with Crippen LogP contribution >= 0.6 is 11.6 Å². The Kier molecular flexibility index (Phi) is 4.59. The van der Waals surface area contributed by atoms with E-state index < -0.39 is 5.97 Å². The van der Waals surface area contributed by atoms with E-state index in [4.69, 9.17) is 17.3 Å². The lowest BCUT2D eigenvalue weighted by molar-refractivity contribution is 0.0592. The molecule has 1 heterocycles. The first-order valence-electron chi connectivity index (χ1n) is 6.18. The number of anilines is 2. The largest absolute Gasteiger partial charge is 0.464 e. The number of benzene rings is 1. The Morgan fingerprint density at radius 1 is 1.33 bits per heavy atom. The molecule has 0 atom stereocenters. The number of halogens is 1. The fourth-order valence-corrected chi connectivity index (χ4v) is 1.97. The molecule has 0 fully saturated rings. The minimum Gasteiger partial charge on any atom is -0.464 e. The van der Waals surface area contributed by atoms with Crippen LogP contribution in [0.2, 0.25) is 5.02 Å². The zero-order chi connectivity index (χ0) is 15.4.